The number of hydrogen-bond donors (Lipinski definition) is 1. The maximum atomic E-state index is 13.2. The Labute approximate surface area is 150 Å². The highest BCUT2D eigenvalue weighted by Crippen LogP contribution is 2.20. The van der Waals surface area contributed by atoms with Gasteiger partial charge in [0, 0.05) is 16.7 Å². The molecule has 2 aromatic carbocycles. The second-order valence-electron chi connectivity index (χ2n) is 5.66. The molecule has 3 nitrogen and oxygen atoms in total. The van der Waals surface area contributed by atoms with E-state index >= 15 is 0 Å². The number of amides is 2. The van der Waals surface area contributed by atoms with Crippen LogP contribution in [0, 0.1) is 5.82 Å². The van der Waals surface area contributed by atoms with Crippen molar-refractivity contribution in [2.24, 2.45) is 0 Å². The first-order chi connectivity index (χ1) is 11.8. The monoisotopic (exact) mass is 357 g/mol. The van der Waals surface area contributed by atoms with Gasteiger partial charge in [0.2, 0.25) is 0 Å². The van der Waals surface area contributed by atoms with E-state index in [-0.39, 0.29) is 5.57 Å². The molecule has 0 saturated heterocycles. The lowest BCUT2D eigenvalue weighted by atomic mass is 10.0. The van der Waals surface area contributed by atoms with Crippen LogP contribution < -0.4 is 5.32 Å². The Kier molecular flexibility index (Phi) is 6.25. The largest absolute Gasteiger partial charge is 0.289 e. The van der Waals surface area contributed by atoms with Crippen molar-refractivity contribution < 1.29 is 14.0 Å². The topological polar surface area (TPSA) is 46.2 Å². The molecule has 128 valence electrons. The zero-order chi connectivity index (χ0) is 18.4. The number of benzene rings is 2. The summed E-state index contributed by atoms with van der Waals surface area (Å²) in [6.07, 6.45) is 2.96. The minimum absolute atomic E-state index is 0.248. The highest BCUT2D eigenvalue weighted by atomic mass is 35.5. The number of rotatable bonds is 4. The van der Waals surface area contributed by atoms with Crippen LogP contribution in [-0.4, -0.2) is 11.8 Å². The lowest BCUT2D eigenvalue weighted by molar-refractivity contribution is -0.124. The molecule has 0 aliphatic rings. The van der Waals surface area contributed by atoms with Crippen molar-refractivity contribution in [1.29, 1.82) is 0 Å². The molecule has 0 spiro atoms. The van der Waals surface area contributed by atoms with Crippen LogP contribution in [0.4, 0.5) is 4.39 Å². The number of carbonyl (C=O) groups excluding carboxylic acids is 2. The van der Waals surface area contributed by atoms with Crippen LogP contribution in [0.1, 0.15) is 25.0 Å². The van der Waals surface area contributed by atoms with E-state index in [4.69, 9.17) is 11.6 Å². The molecule has 2 rings (SSSR count). The average Bonchev–Trinajstić information content (AvgIpc) is 2.54. The quantitative estimate of drug-likeness (QED) is 0.640. The summed E-state index contributed by atoms with van der Waals surface area (Å²) in [6.45, 7) is 3.52. The fourth-order valence-corrected chi connectivity index (χ4v) is 2.24. The van der Waals surface area contributed by atoms with E-state index in [1.807, 2.05) is 0 Å². The molecule has 0 radical (unpaired) electrons. The van der Waals surface area contributed by atoms with Crippen molar-refractivity contribution in [3.8, 4) is 0 Å². The van der Waals surface area contributed by atoms with Gasteiger partial charge >= 0.3 is 0 Å². The molecule has 1 N–H and O–H groups in total. The predicted octanol–water partition coefficient (Wildman–Crippen LogP) is 4.63. The van der Waals surface area contributed by atoms with Crippen molar-refractivity contribution in [1.82, 2.24) is 5.32 Å². The van der Waals surface area contributed by atoms with Gasteiger partial charge in [-0.2, -0.15) is 0 Å². The summed E-state index contributed by atoms with van der Waals surface area (Å²) in [7, 11) is 0. The summed E-state index contributed by atoms with van der Waals surface area (Å²) in [5.41, 5.74) is 2.25. The smallest absolute Gasteiger partial charge is 0.258 e. The van der Waals surface area contributed by atoms with Crippen LogP contribution >= 0.6 is 11.6 Å². The molecule has 5 heteroatoms. The fraction of sp³-hybridized carbons (Fsp3) is 0.100. The highest BCUT2D eigenvalue weighted by Gasteiger charge is 2.14. The van der Waals surface area contributed by atoms with Gasteiger partial charge in [-0.1, -0.05) is 41.4 Å². The van der Waals surface area contributed by atoms with Gasteiger partial charge < -0.3 is 0 Å². The summed E-state index contributed by atoms with van der Waals surface area (Å²) in [5, 5.41) is 2.89. The van der Waals surface area contributed by atoms with Gasteiger partial charge in [-0.3, -0.25) is 14.9 Å². The Morgan fingerprint density at radius 1 is 1.00 bits per heavy atom. The van der Waals surface area contributed by atoms with Crippen molar-refractivity contribution in [2.45, 2.75) is 13.8 Å². The third-order valence-corrected chi connectivity index (χ3v) is 3.49. The summed E-state index contributed by atoms with van der Waals surface area (Å²) < 4.78 is 13.2. The number of nitrogens with one attached hydrogen (secondary N) is 1. The van der Waals surface area contributed by atoms with Crippen molar-refractivity contribution in [2.75, 3.05) is 0 Å². The van der Waals surface area contributed by atoms with Crippen LogP contribution in [0.5, 0.6) is 0 Å². The number of allylic oxidation sites excluding steroid dienone is 1. The molecule has 0 unspecified atom stereocenters. The third kappa shape index (κ3) is 5.69. The van der Waals surface area contributed by atoms with Crippen LogP contribution in [0.25, 0.3) is 11.6 Å². The summed E-state index contributed by atoms with van der Waals surface area (Å²) in [4.78, 5) is 24.4. The molecule has 0 bridgehead atoms. The molecule has 2 amide bonds. The van der Waals surface area contributed by atoms with Crippen molar-refractivity contribution >= 4 is 35.1 Å². The summed E-state index contributed by atoms with van der Waals surface area (Å²) in [5.74, 6) is -1.48. The van der Waals surface area contributed by atoms with Gasteiger partial charge in [0.1, 0.15) is 5.82 Å². The maximum absolute atomic E-state index is 13.2. The van der Waals surface area contributed by atoms with E-state index in [1.165, 1.54) is 30.3 Å². The first-order valence-electron chi connectivity index (χ1n) is 7.58. The van der Waals surface area contributed by atoms with Gasteiger partial charge in [-0.05, 0) is 55.3 Å². The molecule has 0 aromatic heterocycles. The highest BCUT2D eigenvalue weighted by molar-refractivity contribution is 6.31. The average molecular weight is 358 g/mol. The van der Waals surface area contributed by atoms with E-state index in [1.54, 1.807) is 44.2 Å². The first kappa shape index (κ1) is 18.6. The minimum Gasteiger partial charge on any atom is -0.289 e. The molecule has 0 aliphatic carbocycles. The van der Waals surface area contributed by atoms with Crippen molar-refractivity contribution in [3.63, 3.8) is 0 Å². The molecular formula is C20H17ClFNO2. The standard InChI is InChI=1S/C20H17ClFNO2/c1-13(2)11-19(24)23-20(25)18(15-5-9-17(22)10-6-15)12-14-3-7-16(21)8-4-14/h3-12H,1-2H3,(H,23,24,25)/b18-12+. The molecule has 2 aromatic rings. The Morgan fingerprint density at radius 3 is 2.16 bits per heavy atom. The van der Waals surface area contributed by atoms with Crippen LogP contribution in [0.15, 0.2) is 60.2 Å². The van der Waals surface area contributed by atoms with Gasteiger partial charge in [0.05, 0.1) is 0 Å². The predicted molar refractivity (Wildman–Crippen MR) is 98.3 cm³/mol. The van der Waals surface area contributed by atoms with Gasteiger partial charge in [-0.25, -0.2) is 4.39 Å². The molecular weight excluding hydrogens is 341 g/mol. The molecule has 0 aliphatic heterocycles. The summed E-state index contributed by atoms with van der Waals surface area (Å²) >= 11 is 5.87. The molecule has 0 saturated carbocycles. The van der Waals surface area contributed by atoms with Crippen LogP contribution in [-0.2, 0) is 9.59 Å². The second kappa shape index (κ2) is 8.40. The van der Waals surface area contributed by atoms with E-state index in [2.05, 4.69) is 5.32 Å². The van der Waals surface area contributed by atoms with Crippen molar-refractivity contribution in [3.05, 3.63) is 82.1 Å². The zero-order valence-corrected chi connectivity index (χ0v) is 14.6. The Morgan fingerprint density at radius 2 is 1.60 bits per heavy atom. The van der Waals surface area contributed by atoms with E-state index in [9.17, 15) is 14.0 Å². The zero-order valence-electron chi connectivity index (χ0n) is 13.8. The van der Waals surface area contributed by atoms with E-state index in [0.717, 1.165) is 11.1 Å². The number of halogens is 2. The first-order valence-corrected chi connectivity index (χ1v) is 7.96. The second-order valence-corrected chi connectivity index (χ2v) is 6.09. The fourth-order valence-electron chi connectivity index (χ4n) is 2.11. The number of hydrogen-bond acceptors (Lipinski definition) is 2. The van der Waals surface area contributed by atoms with Gasteiger partial charge in [-0.15, -0.1) is 0 Å². The SMILES string of the molecule is CC(C)=CC(=O)NC(=O)/C(=C/c1ccc(Cl)cc1)c1ccc(F)cc1. The number of carbonyl (C=O) groups is 2. The lowest BCUT2D eigenvalue weighted by Crippen LogP contribution is -2.29. The Bertz CT molecular complexity index is 833. The van der Waals surface area contributed by atoms with Gasteiger partial charge in [0.15, 0.2) is 0 Å². The number of imide groups is 1. The molecule has 0 heterocycles. The lowest BCUT2D eigenvalue weighted by Gasteiger charge is -2.08. The van der Waals surface area contributed by atoms with Crippen LogP contribution in [0.3, 0.4) is 0 Å². The van der Waals surface area contributed by atoms with Gasteiger partial charge in [0.25, 0.3) is 11.8 Å². The third-order valence-electron chi connectivity index (χ3n) is 3.24. The van der Waals surface area contributed by atoms with E-state index < -0.39 is 17.6 Å². The Hall–Kier alpha value is -2.72. The van der Waals surface area contributed by atoms with E-state index in [0.29, 0.717) is 10.6 Å². The normalized spacial score (nSPS) is 11.0. The minimum atomic E-state index is -0.566. The molecule has 0 atom stereocenters. The maximum Gasteiger partial charge on any atom is 0.258 e. The Balaban J connectivity index is 2.39. The summed E-state index contributed by atoms with van der Waals surface area (Å²) in [6, 6.07) is 12.4. The molecule has 25 heavy (non-hydrogen) atoms. The van der Waals surface area contributed by atoms with Crippen LogP contribution in [0.2, 0.25) is 5.02 Å². The molecule has 0 fully saturated rings.